The second kappa shape index (κ2) is 8.53. The molecule has 0 aliphatic rings. The summed E-state index contributed by atoms with van der Waals surface area (Å²) in [6.07, 6.45) is 5.22. The molecule has 0 radical (unpaired) electrons. The van der Waals surface area contributed by atoms with E-state index in [2.05, 4.69) is 20.6 Å². The highest BCUT2D eigenvalue weighted by atomic mass is 32.2. The fourth-order valence-electron chi connectivity index (χ4n) is 2.55. The quantitative estimate of drug-likeness (QED) is 0.486. The highest BCUT2D eigenvalue weighted by Gasteiger charge is 2.07. The van der Waals surface area contributed by atoms with Crippen molar-refractivity contribution in [1.82, 2.24) is 25.3 Å². The van der Waals surface area contributed by atoms with E-state index in [0.717, 1.165) is 22.7 Å². The lowest BCUT2D eigenvalue weighted by molar-refractivity contribution is -0.118. The molecule has 0 atom stereocenters. The number of amides is 1. The van der Waals surface area contributed by atoms with Gasteiger partial charge < -0.3 is 9.73 Å². The lowest BCUT2D eigenvalue weighted by atomic mass is 10.1. The van der Waals surface area contributed by atoms with E-state index in [-0.39, 0.29) is 11.7 Å². The van der Waals surface area contributed by atoms with Crippen molar-refractivity contribution in [3.63, 3.8) is 0 Å². The van der Waals surface area contributed by atoms with E-state index in [1.54, 1.807) is 23.2 Å². The van der Waals surface area contributed by atoms with Gasteiger partial charge in [0.05, 0.1) is 29.9 Å². The molecular formula is C20H17N5O2S. The molecule has 4 aromatic rings. The average Bonchev–Trinajstić information content (AvgIpc) is 3.45. The van der Waals surface area contributed by atoms with Gasteiger partial charge in [-0.2, -0.15) is 5.10 Å². The van der Waals surface area contributed by atoms with Crippen molar-refractivity contribution in [1.29, 1.82) is 0 Å². The number of aromatic nitrogens is 4. The summed E-state index contributed by atoms with van der Waals surface area (Å²) < 4.78 is 6.98. The van der Waals surface area contributed by atoms with Crippen molar-refractivity contribution < 1.29 is 9.21 Å². The second-order valence-corrected chi connectivity index (χ2v) is 6.89. The molecule has 0 bridgehead atoms. The minimum atomic E-state index is -0.0820. The van der Waals surface area contributed by atoms with Gasteiger partial charge >= 0.3 is 0 Å². The molecule has 0 spiro atoms. The van der Waals surface area contributed by atoms with Crippen LogP contribution in [0.15, 0.2) is 82.7 Å². The van der Waals surface area contributed by atoms with Gasteiger partial charge in [0.2, 0.25) is 5.91 Å². The Kier molecular flexibility index (Phi) is 5.48. The highest BCUT2D eigenvalue weighted by Crippen LogP contribution is 2.21. The zero-order chi connectivity index (χ0) is 19.2. The average molecular weight is 391 g/mol. The molecule has 7 nitrogen and oxygen atoms in total. The fourth-order valence-corrected chi connectivity index (χ4v) is 3.19. The number of carbonyl (C=O) groups is 1. The number of hydrogen-bond donors (Lipinski definition) is 1. The molecule has 3 aromatic heterocycles. The molecule has 1 aromatic carbocycles. The molecule has 3 heterocycles. The van der Waals surface area contributed by atoms with E-state index in [0.29, 0.717) is 11.6 Å². The van der Waals surface area contributed by atoms with Crippen LogP contribution in [-0.4, -0.2) is 31.6 Å². The number of thioether (sulfide) groups is 1. The lowest BCUT2D eigenvalue weighted by Crippen LogP contribution is -2.24. The van der Waals surface area contributed by atoms with Crippen molar-refractivity contribution in [2.75, 3.05) is 5.75 Å². The molecule has 4 rings (SSSR count). The van der Waals surface area contributed by atoms with Crippen LogP contribution in [-0.2, 0) is 11.3 Å². The fraction of sp³-hybridized carbons (Fsp3) is 0.100. The lowest BCUT2D eigenvalue weighted by Gasteiger charge is -2.05. The normalized spacial score (nSPS) is 10.7. The SMILES string of the molecule is O=C(CSc1ccc(-c2ccc(-n3cccn3)cc2)nn1)NCc1ccco1. The van der Waals surface area contributed by atoms with Crippen LogP contribution < -0.4 is 5.32 Å². The van der Waals surface area contributed by atoms with Gasteiger partial charge in [-0.3, -0.25) is 4.79 Å². The Morgan fingerprint density at radius 3 is 2.64 bits per heavy atom. The Labute approximate surface area is 165 Å². The molecule has 140 valence electrons. The first-order chi connectivity index (χ1) is 13.8. The molecular weight excluding hydrogens is 374 g/mol. The van der Waals surface area contributed by atoms with Crippen molar-refractivity contribution in [2.24, 2.45) is 0 Å². The first-order valence-corrected chi connectivity index (χ1v) is 9.62. The predicted molar refractivity (Wildman–Crippen MR) is 106 cm³/mol. The Bertz CT molecular complexity index is 1010. The summed E-state index contributed by atoms with van der Waals surface area (Å²) in [6.45, 7) is 0.380. The highest BCUT2D eigenvalue weighted by molar-refractivity contribution is 7.99. The van der Waals surface area contributed by atoms with Crippen LogP contribution in [0.1, 0.15) is 5.76 Å². The third kappa shape index (κ3) is 4.47. The summed E-state index contributed by atoms with van der Waals surface area (Å²) in [5.74, 6) is 0.912. The molecule has 0 saturated carbocycles. The van der Waals surface area contributed by atoms with E-state index in [9.17, 15) is 4.79 Å². The minimum absolute atomic E-state index is 0.0820. The van der Waals surface area contributed by atoms with Gasteiger partial charge in [0.25, 0.3) is 0 Å². The van der Waals surface area contributed by atoms with E-state index in [4.69, 9.17) is 4.42 Å². The minimum Gasteiger partial charge on any atom is -0.467 e. The zero-order valence-corrected chi connectivity index (χ0v) is 15.7. The van der Waals surface area contributed by atoms with Gasteiger partial charge in [-0.1, -0.05) is 23.9 Å². The van der Waals surface area contributed by atoms with Gasteiger partial charge in [-0.25, -0.2) is 4.68 Å². The summed E-state index contributed by atoms with van der Waals surface area (Å²) in [5, 5.41) is 16.2. The number of hydrogen-bond acceptors (Lipinski definition) is 6. The van der Waals surface area contributed by atoms with E-state index >= 15 is 0 Å². The molecule has 0 saturated heterocycles. The number of benzene rings is 1. The Morgan fingerprint density at radius 1 is 1.07 bits per heavy atom. The predicted octanol–water partition coefficient (Wildman–Crippen LogP) is 3.33. The first-order valence-electron chi connectivity index (χ1n) is 8.64. The number of nitrogens with one attached hydrogen (secondary N) is 1. The van der Waals surface area contributed by atoms with Gasteiger partial charge in [0.1, 0.15) is 10.8 Å². The van der Waals surface area contributed by atoms with Crippen LogP contribution >= 0.6 is 11.8 Å². The summed E-state index contributed by atoms with van der Waals surface area (Å²) in [7, 11) is 0. The second-order valence-electron chi connectivity index (χ2n) is 5.90. The molecule has 1 N–H and O–H groups in total. The third-order valence-electron chi connectivity index (χ3n) is 3.96. The smallest absolute Gasteiger partial charge is 0.230 e. The maximum Gasteiger partial charge on any atom is 0.230 e. The van der Waals surface area contributed by atoms with Crippen LogP contribution in [0.4, 0.5) is 0 Å². The summed E-state index contributed by atoms with van der Waals surface area (Å²) in [5.41, 5.74) is 2.73. The van der Waals surface area contributed by atoms with Crippen LogP contribution in [0.25, 0.3) is 16.9 Å². The van der Waals surface area contributed by atoms with E-state index in [1.165, 1.54) is 11.8 Å². The number of furan rings is 1. The van der Waals surface area contributed by atoms with Gasteiger partial charge in [-0.05, 0) is 42.5 Å². The maximum atomic E-state index is 11.9. The number of carbonyl (C=O) groups excluding carboxylic acids is 1. The van der Waals surface area contributed by atoms with Crippen LogP contribution in [0.2, 0.25) is 0 Å². The van der Waals surface area contributed by atoms with Gasteiger partial charge in [-0.15, -0.1) is 10.2 Å². The largest absolute Gasteiger partial charge is 0.467 e. The monoisotopic (exact) mass is 391 g/mol. The summed E-state index contributed by atoms with van der Waals surface area (Å²) in [6, 6.07) is 17.2. The standard InChI is InChI=1S/C20H17N5O2S/c26-19(21-13-17-3-1-12-27-17)14-28-20-9-8-18(23-24-20)15-4-6-16(7-5-15)25-11-2-10-22-25/h1-12H,13-14H2,(H,21,26). The number of nitrogens with zero attached hydrogens (tertiary/aromatic N) is 4. The van der Waals surface area contributed by atoms with E-state index in [1.807, 2.05) is 54.7 Å². The molecule has 0 aliphatic heterocycles. The Morgan fingerprint density at radius 2 is 1.96 bits per heavy atom. The number of rotatable bonds is 7. The van der Waals surface area contributed by atoms with Crippen molar-refractivity contribution in [3.8, 4) is 16.9 Å². The Balaban J connectivity index is 1.31. The molecule has 1 amide bonds. The third-order valence-corrected chi connectivity index (χ3v) is 4.88. The summed E-state index contributed by atoms with van der Waals surface area (Å²) >= 11 is 1.34. The Hall–Kier alpha value is -3.39. The first kappa shape index (κ1) is 18.0. The molecule has 28 heavy (non-hydrogen) atoms. The topological polar surface area (TPSA) is 85.8 Å². The van der Waals surface area contributed by atoms with Crippen molar-refractivity contribution in [3.05, 3.63) is 79.0 Å². The summed E-state index contributed by atoms with van der Waals surface area (Å²) in [4.78, 5) is 11.9. The molecule has 0 fully saturated rings. The molecule has 0 unspecified atom stereocenters. The molecule has 8 heteroatoms. The van der Waals surface area contributed by atoms with Crippen molar-refractivity contribution in [2.45, 2.75) is 11.6 Å². The van der Waals surface area contributed by atoms with Gasteiger partial charge in [0.15, 0.2) is 0 Å². The van der Waals surface area contributed by atoms with Crippen LogP contribution in [0, 0.1) is 0 Å². The van der Waals surface area contributed by atoms with Crippen LogP contribution in [0.5, 0.6) is 0 Å². The maximum absolute atomic E-state index is 11.9. The van der Waals surface area contributed by atoms with Crippen LogP contribution in [0.3, 0.4) is 0 Å². The molecule has 0 aliphatic carbocycles. The van der Waals surface area contributed by atoms with E-state index < -0.39 is 0 Å². The van der Waals surface area contributed by atoms with Crippen molar-refractivity contribution >= 4 is 17.7 Å². The zero-order valence-electron chi connectivity index (χ0n) is 14.9. The van der Waals surface area contributed by atoms with Gasteiger partial charge in [0, 0.05) is 18.0 Å².